The quantitative estimate of drug-likeness (QED) is 0.839. The fourth-order valence-electron chi connectivity index (χ4n) is 1.68. The Morgan fingerprint density at radius 1 is 1.59 bits per heavy atom. The van der Waals surface area contributed by atoms with Crippen molar-refractivity contribution in [2.45, 2.75) is 12.5 Å². The summed E-state index contributed by atoms with van der Waals surface area (Å²) in [5, 5.41) is 0. The maximum absolute atomic E-state index is 11.9. The molecule has 0 radical (unpaired) electrons. The molecule has 2 heterocycles. The predicted molar refractivity (Wildman–Crippen MR) is 72.5 cm³/mol. The van der Waals surface area contributed by atoms with E-state index in [9.17, 15) is 8.42 Å². The number of halogens is 1. The van der Waals surface area contributed by atoms with Crippen LogP contribution >= 0.6 is 27.3 Å². The fraction of sp³-hybridized carbons (Fsp3) is 0.444. The Morgan fingerprint density at radius 2 is 2.24 bits per heavy atom. The molecule has 0 aromatic carbocycles. The van der Waals surface area contributed by atoms with E-state index in [1.54, 1.807) is 6.92 Å². The van der Waals surface area contributed by atoms with Gasteiger partial charge in [0.25, 0.3) is 0 Å². The zero-order valence-corrected chi connectivity index (χ0v) is 12.6. The van der Waals surface area contributed by atoms with Gasteiger partial charge in [-0.3, -0.25) is 0 Å². The lowest BCUT2D eigenvalue weighted by Crippen LogP contribution is -2.50. The normalized spacial score (nSPS) is 27.9. The molecule has 2 rings (SSSR count). The first-order chi connectivity index (χ1) is 7.74. The molecule has 0 unspecified atom stereocenters. The number of thiophene rings is 1. The van der Waals surface area contributed by atoms with Crippen molar-refractivity contribution in [3.8, 4) is 0 Å². The van der Waals surface area contributed by atoms with Crippen molar-refractivity contribution in [3.05, 3.63) is 20.8 Å². The number of aliphatic imine (C=N–C) groups is 1. The Hall–Kier alpha value is -0.600. The van der Waals surface area contributed by atoms with E-state index >= 15 is 0 Å². The first kappa shape index (κ1) is 12.8. The van der Waals surface area contributed by atoms with Gasteiger partial charge in [-0.2, -0.15) is 0 Å². The van der Waals surface area contributed by atoms with Crippen LogP contribution in [0.2, 0.25) is 0 Å². The summed E-state index contributed by atoms with van der Waals surface area (Å²) < 4.78 is 25.9. The highest BCUT2D eigenvalue weighted by atomic mass is 79.9. The average Bonchev–Trinajstić information content (AvgIpc) is 2.61. The number of rotatable bonds is 1. The number of guanidine groups is 1. The molecule has 1 atom stereocenters. The van der Waals surface area contributed by atoms with Gasteiger partial charge in [0.1, 0.15) is 5.54 Å². The second-order valence-electron chi connectivity index (χ2n) is 4.07. The Balaban J connectivity index is 2.53. The molecule has 1 aromatic heterocycles. The van der Waals surface area contributed by atoms with Gasteiger partial charge in [0, 0.05) is 11.9 Å². The molecule has 0 spiro atoms. The summed E-state index contributed by atoms with van der Waals surface area (Å²) in [6, 6.07) is 3.74. The predicted octanol–water partition coefficient (Wildman–Crippen LogP) is 1.32. The van der Waals surface area contributed by atoms with E-state index in [1.165, 1.54) is 18.4 Å². The van der Waals surface area contributed by atoms with Crippen LogP contribution in [-0.4, -0.2) is 31.5 Å². The van der Waals surface area contributed by atoms with Crippen LogP contribution < -0.4 is 5.73 Å². The van der Waals surface area contributed by atoms with Gasteiger partial charge in [0.2, 0.25) is 16.0 Å². The highest BCUT2D eigenvalue weighted by molar-refractivity contribution is 9.11. The summed E-state index contributed by atoms with van der Waals surface area (Å²) >= 11 is 4.83. The largest absolute Gasteiger partial charge is 0.369 e. The van der Waals surface area contributed by atoms with Gasteiger partial charge < -0.3 is 5.73 Å². The Labute approximate surface area is 113 Å². The van der Waals surface area contributed by atoms with Gasteiger partial charge in [-0.15, -0.1) is 11.3 Å². The van der Waals surface area contributed by atoms with Crippen molar-refractivity contribution in [1.29, 1.82) is 0 Å². The molecule has 1 aliphatic heterocycles. The molecule has 0 aliphatic carbocycles. The molecule has 1 aliphatic rings. The standard InChI is InChI=1S/C9H12BrN3O2S2/c1-9(6-3-4-7(10)16-6)5-17(14,15)13(2)8(11)12-9/h3-4H,5H2,1-2H3,(H2,11,12)/t9-/m0/s1. The van der Waals surface area contributed by atoms with Crippen molar-refractivity contribution >= 4 is 43.2 Å². The molecule has 8 heteroatoms. The van der Waals surface area contributed by atoms with E-state index in [1.807, 2.05) is 12.1 Å². The summed E-state index contributed by atoms with van der Waals surface area (Å²) in [5.41, 5.74) is 4.86. The van der Waals surface area contributed by atoms with Crippen molar-refractivity contribution < 1.29 is 8.42 Å². The number of hydrogen-bond acceptors (Lipinski definition) is 5. The van der Waals surface area contributed by atoms with Crippen LogP contribution in [0, 0.1) is 0 Å². The molecule has 1 aromatic rings. The third kappa shape index (κ3) is 2.21. The van der Waals surface area contributed by atoms with E-state index in [0.717, 1.165) is 13.0 Å². The maximum Gasteiger partial charge on any atom is 0.239 e. The van der Waals surface area contributed by atoms with Crippen LogP contribution in [0.5, 0.6) is 0 Å². The molecule has 0 saturated heterocycles. The molecule has 94 valence electrons. The number of sulfonamides is 1. The first-order valence-corrected chi connectivity index (χ1v) is 8.04. The van der Waals surface area contributed by atoms with Gasteiger partial charge >= 0.3 is 0 Å². The maximum atomic E-state index is 11.9. The van der Waals surface area contributed by atoms with E-state index in [4.69, 9.17) is 5.73 Å². The molecule has 0 amide bonds. The molecule has 0 bridgehead atoms. The SMILES string of the molecule is CN1C(N)=N[C@](C)(c2ccc(Br)s2)CS1(=O)=O. The van der Waals surface area contributed by atoms with Crippen molar-refractivity contribution in [3.63, 3.8) is 0 Å². The van der Waals surface area contributed by atoms with Crippen LogP contribution in [0.3, 0.4) is 0 Å². The van der Waals surface area contributed by atoms with Crippen LogP contribution in [0.25, 0.3) is 0 Å². The number of nitrogens with zero attached hydrogens (tertiary/aromatic N) is 2. The summed E-state index contributed by atoms with van der Waals surface area (Å²) in [6.45, 7) is 1.78. The Kier molecular flexibility index (Phi) is 2.99. The van der Waals surface area contributed by atoms with Crippen LogP contribution in [-0.2, 0) is 15.6 Å². The van der Waals surface area contributed by atoms with E-state index in [0.29, 0.717) is 0 Å². The topological polar surface area (TPSA) is 75.8 Å². The summed E-state index contributed by atoms with van der Waals surface area (Å²) in [6.07, 6.45) is 0. The molecular weight excluding hydrogens is 326 g/mol. The van der Waals surface area contributed by atoms with Gasteiger partial charge in [0.15, 0.2) is 0 Å². The molecule has 5 nitrogen and oxygen atoms in total. The van der Waals surface area contributed by atoms with Gasteiger partial charge in [-0.05, 0) is 35.0 Å². The summed E-state index contributed by atoms with van der Waals surface area (Å²) in [5.74, 6) is -0.0345. The zero-order valence-electron chi connectivity index (χ0n) is 9.34. The van der Waals surface area contributed by atoms with E-state index < -0.39 is 15.6 Å². The lowest BCUT2D eigenvalue weighted by Gasteiger charge is -2.33. The van der Waals surface area contributed by atoms with Gasteiger partial charge in [-0.1, -0.05) is 0 Å². The minimum atomic E-state index is -3.39. The summed E-state index contributed by atoms with van der Waals surface area (Å²) in [4.78, 5) is 5.18. The lowest BCUT2D eigenvalue weighted by molar-refractivity contribution is 0.482. The second-order valence-corrected chi connectivity index (χ2v) is 8.53. The van der Waals surface area contributed by atoms with E-state index in [-0.39, 0.29) is 11.7 Å². The van der Waals surface area contributed by atoms with Crippen LogP contribution in [0.15, 0.2) is 20.9 Å². The molecule has 0 saturated carbocycles. The number of hydrogen-bond donors (Lipinski definition) is 1. The molecule has 2 N–H and O–H groups in total. The van der Waals surface area contributed by atoms with Gasteiger partial charge in [-0.25, -0.2) is 17.7 Å². The lowest BCUT2D eigenvalue weighted by atomic mass is 10.0. The highest BCUT2D eigenvalue weighted by Gasteiger charge is 2.40. The van der Waals surface area contributed by atoms with Gasteiger partial charge in [0.05, 0.1) is 9.54 Å². The minimum absolute atomic E-state index is 0.0308. The average molecular weight is 338 g/mol. The molecule has 0 fully saturated rings. The smallest absolute Gasteiger partial charge is 0.239 e. The molecule has 17 heavy (non-hydrogen) atoms. The van der Waals surface area contributed by atoms with E-state index in [2.05, 4.69) is 20.9 Å². The third-order valence-electron chi connectivity index (χ3n) is 2.67. The van der Waals surface area contributed by atoms with Crippen molar-refractivity contribution in [1.82, 2.24) is 4.31 Å². The molecular formula is C9H12BrN3O2S2. The number of nitrogens with two attached hydrogens (primary N) is 1. The highest BCUT2D eigenvalue weighted by Crippen LogP contribution is 2.37. The zero-order chi connectivity index (χ0) is 12.8. The fourth-order valence-corrected chi connectivity index (χ4v) is 4.70. The first-order valence-electron chi connectivity index (χ1n) is 4.82. The Bertz CT molecular complexity index is 581. The second kappa shape index (κ2) is 3.96. The Morgan fingerprint density at radius 3 is 2.71 bits per heavy atom. The third-order valence-corrected chi connectivity index (χ3v) is 6.49. The van der Waals surface area contributed by atoms with Crippen LogP contribution in [0.4, 0.5) is 0 Å². The van der Waals surface area contributed by atoms with Crippen molar-refractivity contribution in [2.75, 3.05) is 12.8 Å². The van der Waals surface area contributed by atoms with Crippen LogP contribution in [0.1, 0.15) is 11.8 Å². The minimum Gasteiger partial charge on any atom is -0.369 e. The monoisotopic (exact) mass is 337 g/mol. The van der Waals surface area contributed by atoms with Crippen molar-refractivity contribution in [2.24, 2.45) is 10.7 Å². The summed E-state index contributed by atoms with van der Waals surface area (Å²) in [7, 11) is -1.97.